The summed E-state index contributed by atoms with van der Waals surface area (Å²) in [6.07, 6.45) is 1.58. The summed E-state index contributed by atoms with van der Waals surface area (Å²) >= 11 is 0. The second-order valence-electron chi connectivity index (χ2n) is 6.01. The van der Waals surface area contributed by atoms with Crippen LogP contribution >= 0.6 is 0 Å². The Morgan fingerprint density at radius 1 is 0.962 bits per heavy atom. The second kappa shape index (κ2) is 8.76. The summed E-state index contributed by atoms with van der Waals surface area (Å²) in [5, 5.41) is 2.70. The van der Waals surface area contributed by atoms with E-state index < -0.39 is 11.9 Å². The van der Waals surface area contributed by atoms with Crippen LogP contribution in [0.5, 0.6) is 0 Å². The van der Waals surface area contributed by atoms with Crippen LogP contribution in [0.1, 0.15) is 29.8 Å². The van der Waals surface area contributed by atoms with Gasteiger partial charge in [0, 0.05) is 11.6 Å². The van der Waals surface area contributed by atoms with Gasteiger partial charge in [-0.15, -0.1) is 0 Å². The van der Waals surface area contributed by atoms with Gasteiger partial charge in [0.2, 0.25) is 0 Å². The summed E-state index contributed by atoms with van der Waals surface area (Å²) in [6.45, 7) is 3.50. The lowest BCUT2D eigenvalue weighted by Gasteiger charge is -2.11. The van der Waals surface area contributed by atoms with E-state index in [9.17, 15) is 14.4 Å². The standard InChI is InChI=1S/C21H21NO4/c1-14(2)19(23)18(13-15-7-5-4-6-8-15)20(24)22-17-11-9-16(10-12-17)21(25)26-3/h4-14H,1-3H3,(H,22,24)/b18-13-. The van der Waals surface area contributed by atoms with Gasteiger partial charge in [-0.05, 0) is 35.9 Å². The van der Waals surface area contributed by atoms with E-state index in [0.29, 0.717) is 11.3 Å². The zero-order valence-corrected chi connectivity index (χ0v) is 15.0. The molecule has 0 saturated heterocycles. The van der Waals surface area contributed by atoms with E-state index >= 15 is 0 Å². The molecule has 2 aromatic rings. The SMILES string of the molecule is COC(=O)c1ccc(NC(=O)/C(=C\c2ccccc2)C(=O)C(C)C)cc1. The molecule has 0 bridgehead atoms. The molecule has 26 heavy (non-hydrogen) atoms. The van der Waals surface area contributed by atoms with Crippen molar-refractivity contribution in [2.45, 2.75) is 13.8 Å². The third-order valence-electron chi connectivity index (χ3n) is 3.71. The van der Waals surface area contributed by atoms with Crippen LogP contribution in [-0.2, 0) is 14.3 Å². The van der Waals surface area contributed by atoms with Gasteiger partial charge < -0.3 is 10.1 Å². The van der Waals surface area contributed by atoms with E-state index in [1.807, 2.05) is 30.3 Å². The van der Waals surface area contributed by atoms with Crippen LogP contribution in [-0.4, -0.2) is 24.8 Å². The number of carbonyl (C=O) groups is 3. The number of Topliss-reactive ketones (excluding diaryl/α,β-unsaturated/α-hetero) is 1. The third kappa shape index (κ3) is 4.89. The Labute approximate surface area is 152 Å². The summed E-state index contributed by atoms with van der Waals surface area (Å²) in [7, 11) is 1.30. The van der Waals surface area contributed by atoms with Gasteiger partial charge in [0.25, 0.3) is 5.91 Å². The molecule has 5 heteroatoms. The van der Waals surface area contributed by atoms with Crippen molar-refractivity contribution >= 4 is 29.4 Å². The lowest BCUT2D eigenvalue weighted by molar-refractivity contribution is -0.121. The number of rotatable bonds is 6. The molecule has 134 valence electrons. The highest BCUT2D eigenvalue weighted by molar-refractivity contribution is 6.26. The number of amides is 1. The van der Waals surface area contributed by atoms with Crippen molar-refractivity contribution in [3.63, 3.8) is 0 Å². The number of ketones is 1. The van der Waals surface area contributed by atoms with E-state index in [1.165, 1.54) is 7.11 Å². The van der Waals surface area contributed by atoms with Crippen LogP contribution < -0.4 is 5.32 Å². The van der Waals surface area contributed by atoms with Gasteiger partial charge in [0.05, 0.1) is 18.2 Å². The molecule has 0 heterocycles. The Bertz CT molecular complexity index is 821. The van der Waals surface area contributed by atoms with Gasteiger partial charge in [-0.1, -0.05) is 44.2 Å². The predicted octanol–water partition coefficient (Wildman–Crippen LogP) is 3.72. The van der Waals surface area contributed by atoms with Crippen LogP contribution in [0, 0.1) is 5.92 Å². The first kappa shape index (κ1) is 19.1. The minimum absolute atomic E-state index is 0.0863. The number of hydrogen-bond acceptors (Lipinski definition) is 4. The smallest absolute Gasteiger partial charge is 0.337 e. The van der Waals surface area contributed by atoms with Gasteiger partial charge in [-0.3, -0.25) is 9.59 Å². The van der Waals surface area contributed by atoms with Crippen molar-refractivity contribution in [1.82, 2.24) is 0 Å². The molecule has 2 rings (SSSR count). The average Bonchev–Trinajstić information content (AvgIpc) is 2.66. The van der Waals surface area contributed by atoms with Crippen molar-refractivity contribution in [2.24, 2.45) is 5.92 Å². The average molecular weight is 351 g/mol. The first-order valence-electron chi connectivity index (χ1n) is 8.23. The quantitative estimate of drug-likeness (QED) is 0.373. The van der Waals surface area contributed by atoms with Gasteiger partial charge >= 0.3 is 5.97 Å². The summed E-state index contributed by atoms with van der Waals surface area (Å²) in [5.41, 5.74) is 1.72. The molecule has 0 spiro atoms. The van der Waals surface area contributed by atoms with Crippen molar-refractivity contribution in [1.29, 1.82) is 0 Å². The topological polar surface area (TPSA) is 72.5 Å². The van der Waals surface area contributed by atoms with Gasteiger partial charge in [-0.25, -0.2) is 4.79 Å². The van der Waals surface area contributed by atoms with Crippen molar-refractivity contribution in [3.05, 3.63) is 71.3 Å². The molecule has 0 aliphatic carbocycles. The van der Waals surface area contributed by atoms with E-state index in [2.05, 4.69) is 10.1 Å². The van der Waals surface area contributed by atoms with E-state index in [1.54, 1.807) is 44.2 Å². The van der Waals surface area contributed by atoms with E-state index in [-0.39, 0.29) is 17.3 Å². The van der Waals surface area contributed by atoms with Crippen LogP contribution in [0.3, 0.4) is 0 Å². The molecule has 0 aliphatic heterocycles. The zero-order chi connectivity index (χ0) is 19.1. The summed E-state index contributed by atoms with van der Waals surface area (Å²) in [6, 6.07) is 15.5. The number of nitrogens with one attached hydrogen (secondary N) is 1. The maximum atomic E-state index is 12.6. The summed E-state index contributed by atoms with van der Waals surface area (Å²) in [5.74, 6) is -1.49. The van der Waals surface area contributed by atoms with Gasteiger partial charge in [-0.2, -0.15) is 0 Å². The molecule has 0 fully saturated rings. The molecule has 0 aromatic heterocycles. The lowest BCUT2D eigenvalue weighted by Crippen LogP contribution is -2.23. The first-order valence-corrected chi connectivity index (χ1v) is 8.23. The van der Waals surface area contributed by atoms with Crippen molar-refractivity contribution < 1.29 is 19.1 Å². The zero-order valence-electron chi connectivity index (χ0n) is 15.0. The number of benzene rings is 2. The molecular formula is C21H21NO4. The minimum atomic E-state index is -0.488. The molecule has 1 amide bonds. The number of hydrogen-bond donors (Lipinski definition) is 1. The Morgan fingerprint density at radius 2 is 1.58 bits per heavy atom. The Hall–Kier alpha value is -3.21. The first-order chi connectivity index (χ1) is 12.4. The molecule has 1 N–H and O–H groups in total. The Kier molecular flexibility index (Phi) is 6.44. The Morgan fingerprint density at radius 3 is 2.12 bits per heavy atom. The number of methoxy groups -OCH3 is 1. The highest BCUT2D eigenvalue weighted by atomic mass is 16.5. The third-order valence-corrected chi connectivity index (χ3v) is 3.71. The molecule has 0 radical (unpaired) electrons. The fraction of sp³-hybridized carbons (Fsp3) is 0.190. The molecule has 0 atom stereocenters. The molecule has 0 aliphatic rings. The largest absolute Gasteiger partial charge is 0.465 e. The monoisotopic (exact) mass is 351 g/mol. The van der Waals surface area contributed by atoms with Crippen LogP contribution in [0.2, 0.25) is 0 Å². The Balaban J connectivity index is 2.25. The van der Waals surface area contributed by atoms with Crippen LogP contribution in [0.25, 0.3) is 6.08 Å². The number of ether oxygens (including phenoxy) is 1. The number of carbonyl (C=O) groups excluding carboxylic acids is 3. The normalized spacial score (nSPS) is 11.2. The van der Waals surface area contributed by atoms with E-state index in [4.69, 9.17) is 0 Å². The van der Waals surface area contributed by atoms with Gasteiger partial charge in [0.1, 0.15) is 0 Å². The maximum Gasteiger partial charge on any atom is 0.337 e. The fourth-order valence-corrected chi connectivity index (χ4v) is 2.28. The molecule has 0 unspecified atom stereocenters. The molecule has 5 nitrogen and oxygen atoms in total. The highest BCUT2D eigenvalue weighted by Crippen LogP contribution is 2.16. The summed E-state index contributed by atoms with van der Waals surface area (Å²) < 4.78 is 4.64. The highest BCUT2D eigenvalue weighted by Gasteiger charge is 2.21. The van der Waals surface area contributed by atoms with Crippen molar-refractivity contribution in [3.8, 4) is 0 Å². The van der Waals surface area contributed by atoms with Gasteiger partial charge in [0.15, 0.2) is 5.78 Å². The number of esters is 1. The van der Waals surface area contributed by atoms with Crippen molar-refractivity contribution in [2.75, 3.05) is 12.4 Å². The lowest BCUT2D eigenvalue weighted by atomic mass is 9.98. The predicted molar refractivity (Wildman–Crippen MR) is 101 cm³/mol. The van der Waals surface area contributed by atoms with E-state index in [0.717, 1.165) is 5.56 Å². The molecule has 2 aromatic carbocycles. The summed E-state index contributed by atoms with van der Waals surface area (Å²) in [4.78, 5) is 36.6. The minimum Gasteiger partial charge on any atom is -0.465 e. The second-order valence-corrected chi connectivity index (χ2v) is 6.01. The molecule has 0 saturated carbocycles. The maximum absolute atomic E-state index is 12.6. The number of anilines is 1. The molecular weight excluding hydrogens is 330 g/mol. The van der Waals surface area contributed by atoms with Crippen LogP contribution in [0.4, 0.5) is 5.69 Å². The fourth-order valence-electron chi connectivity index (χ4n) is 2.28. The van der Waals surface area contributed by atoms with Crippen LogP contribution in [0.15, 0.2) is 60.2 Å².